The SMILES string of the molecule is O=C(Cc1ccc(NC(=O)c2cc3ccccc3o2)cc1)NC1CCN(C(=O)C2CCCCC2)CC1. The van der Waals surface area contributed by atoms with Gasteiger partial charge in [-0.1, -0.05) is 49.6 Å². The molecule has 1 aliphatic heterocycles. The van der Waals surface area contributed by atoms with Crippen molar-refractivity contribution in [3.63, 3.8) is 0 Å². The van der Waals surface area contributed by atoms with Gasteiger partial charge in [-0.15, -0.1) is 0 Å². The fourth-order valence-corrected chi connectivity index (χ4v) is 5.31. The number of hydrogen-bond acceptors (Lipinski definition) is 4. The van der Waals surface area contributed by atoms with Crippen LogP contribution in [0.2, 0.25) is 0 Å². The van der Waals surface area contributed by atoms with E-state index in [4.69, 9.17) is 4.42 Å². The molecule has 1 saturated carbocycles. The Kier molecular flexibility index (Phi) is 7.35. The Morgan fingerprint density at radius 2 is 1.61 bits per heavy atom. The van der Waals surface area contributed by atoms with Crippen LogP contribution < -0.4 is 10.6 Å². The number of piperidine rings is 1. The third kappa shape index (κ3) is 5.78. The first-order chi connectivity index (χ1) is 17.5. The third-order valence-corrected chi connectivity index (χ3v) is 7.35. The maximum atomic E-state index is 12.7. The van der Waals surface area contributed by atoms with Crippen molar-refractivity contribution >= 4 is 34.4 Å². The number of benzene rings is 2. The maximum Gasteiger partial charge on any atom is 0.291 e. The highest BCUT2D eigenvalue weighted by molar-refractivity contribution is 6.04. The Morgan fingerprint density at radius 3 is 2.33 bits per heavy atom. The Hall–Kier alpha value is -3.61. The summed E-state index contributed by atoms with van der Waals surface area (Å²) in [6.07, 6.45) is 7.51. The van der Waals surface area contributed by atoms with E-state index in [1.807, 2.05) is 41.3 Å². The van der Waals surface area contributed by atoms with Crippen molar-refractivity contribution < 1.29 is 18.8 Å². The van der Waals surface area contributed by atoms with Gasteiger partial charge in [0.15, 0.2) is 5.76 Å². The molecule has 1 aromatic heterocycles. The number of anilines is 1. The topological polar surface area (TPSA) is 91.7 Å². The lowest BCUT2D eigenvalue weighted by Crippen LogP contribution is -2.48. The molecule has 0 atom stereocenters. The molecule has 0 radical (unpaired) electrons. The van der Waals surface area contributed by atoms with Crippen molar-refractivity contribution in [2.75, 3.05) is 18.4 Å². The van der Waals surface area contributed by atoms with E-state index in [2.05, 4.69) is 10.6 Å². The minimum atomic E-state index is -0.315. The van der Waals surface area contributed by atoms with Gasteiger partial charge >= 0.3 is 0 Å². The lowest BCUT2D eigenvalue weighted by molar-refractivity contribution is -0.137. The number of hydrogen-bond donors (Lipinski definition) is 2. The number of carbonyl (C=O) groups is 3. The first-order valence-corrected chi connectivity index (χ1v) is 13.0. The van der Waals surface area contributed by atoms with Gasteiger partial charge in [0.1, 0.15) is 5.58 Å². The van der Waals surface area contributed by atoms with Gasteiger partial charge in [0.25, 0.3) is 5.91 Å². The summed E-state index contributed by atoms with van der Waals surface area (Å²) >= 11 is 0. The van der Waals surface area contributed by atoms with Gasteiger partial charge in [0.2, 0.25) is 11.8 Å². The molecule has 3 aromatic rings. The van der Waals surface area contributed by atoms with Crippen LogP contribution in [0.5, 0.6) is 0 Å². The van der Waals surface area contributed by atoms with Crippen LogP contribution in [0.15, 0.2) is 59.0 Å². The molecular formula is C29H33N3O4. The normalized spacial score (nSPS) is 17.2. The van der Waals surface area contributed by atoms with E-state index >= 15 is 0 Å². The van der Waals surface area contributed by atoms with Gasteiger partial charge in [-0.3, -0.25) is 14.4 Å². The van der Waals surface area contributed by atoms with Crippen molar-refractivity contribution in [2.24, 2.45) is 5.92 Å². The van der Waals surface area contributed by atoms with Crippen LogP contribution in [0.3, 0.4) is 0 Å². The number of carbonyl (C=O) groups excluding carboxylic acids is 3. The molecule has 188 valence electrons. The van der Waals surface area contributed by atoms with E-state index in [0.717, 1.165) is 62.6 Å². The molecule has 2 aliphatic rings. The molecule has 2 fully saturated rings. The maximum absolute atomic E-state index is 12.7. The highest BCUT2D eigenvalue weighted by Gasteiger charge is 2.29. The van der Waals surface area contributed by atoms with E-state index in [1.54, 1.807) is 18.2 Å². The molecule has 36 heavy (non-hydrogen) atoms. The third-order valence-electron chi connectivity index (χ3n) is 7.35. The Bertz CT molecular complexity index is 1190. The fraction of sp³-hybridized carbons (Fsp3) is 0.414. The average Bonchev–Trinajstić information content (AvgIpc) is 3.35. The number of nitrogens with one attached hydrogen (secondary N) is 2. The van der Waals surface area contributed by atoms with Crippen LogP contribution in [0.25, 0.3) is 11.0 Å². The molecule has 7 nitrogen and oxygen atoms in total. The second-order valence-electron chi connectivity index (χ2n) is 9.98. The number of rotatable bonds is 6. The summed E-state index contributed by atoms with van der Waals surface area (Å²) in [5, 5.41) is 6.85. The minimum Gasteiger partial charge on any atom is -0.451 e. The van der Waals surface area contributed by atoms with E-state index in [0.29, 0.717) is 17.2 Å². The van der Waals surface area contributed by atoms with Gasteiger partial charge < -0.3 is 20.0 Å². The number of fused-ring (bicyclic) bond motifs is 1. The smallest absolute Gasteiger partial charge is 0.291 e. The summed E-state index contributed by atoms with van der Waals surface area (Å²) < 4.78 is 5.61. The van der Waals surface area contributed by atoms with E-state index < -0.39 is 0 Å². The quantitative estimate of drug-likeness (QED) is 0.517. The summed E-state index contributed by atoms with van der Waals surface area (Å²) in [4.78, 5) is 39.9. The summed E-state index contributed by atoms with van der Waals surface area (Å²) in [5.74, 6) is 0.436. The standard InChI is InChI=1S/C29H33N3O4/c33-27(30-24-14-16-32(17-15-24)29(35)21-6-2-1-3-7-21)18-20-10-12-23(13-11-20)31-28(34)26-19-22-8-4-5-9-25(22)36-26/h4-5,8-13,19,21,24H,1-3,6-7,14-18H2,(H,30,33)(H,31,34). The largest absolute Gasteiger partial charge is 0.451 e. The highest BCUT2D eigenvalue weighted by atomic mass is 16.3. The Morgan fingerprint density at radius 1 is 0.889 bits per heavy atom. The Labute approximate surface area is 211 Å². The molecule has 3 amide bonds. The predicted octanol–water partition coefficient (Wildman–Crippen LogP) is 4.92. The molecule has 0 spiro atoms. The zero-order valence-electron chi connectivity index (χ0n) is 20.5. The van der Waals surface area contributed by atoms with Gasteiger partial charge in [0, 0.05) is 36.1 Å². The van der Waals surface area contributed by atoms with E-state index in [9.17, 15) is 14.4 Å². The van der Waals surface area contributed by atoms with Gasteiger partial charge in [-0.25, -0.2) is 0 Å². The second-order valence-corrected chi connectivity index (χ2v) is 9.98. The number of nitrogens with zero attached hydrogens (tertiary/aromatic N) is 1. The fourth-order valence-electron chi connectivity index (χ4n) is 5.31. The first kappa shape index (κ1) is 24.1. The Balaban J connectivity index is 1.07. The summed E-state index contributed by atoms with van der Waals surface area (Å²) in [6, 6.07) is 16.6. The molecule has 2 heterocycles. The monoisotopic (exact) mass is 487 g/mol. The van der Waals surface area contributed by atoms with Crippen LogP contribution in [0.1, 0.15) is 61.1 Å². The number of amides is 3. The van der Waals surface area contributed by atoms with Crippen molar-refractivity contribution in [3.05, 3.63) is 65.9 Å². The van der Waals surface area contributed by atoms with Crippen LogP contribution in [0.4, 0.5) is 5.69 Å². The summed E-state index contributed by atoms with van der Waals surface area (Å²) in [6.45, 7) is 1.44. The molecule has 0 unspecified atom stereocenters. The second kappa shape index (κ2) is 11.0. The molecule has 2 aromatic carbocycles. The summed E-state index contributed by atoms with van der Waals surface area (Å²) in [7, 11) is 0. The molecule has 5 rings (SSSR count). The van der Waals surface area contributed by atoms with Crippen LogP contribution in [0, 0.1) is 5.92 Å². The van der Waals surface area contributed by atoms with Crippen LogP contribution in [-0.2, 0) is 16.0 Å². The van der Waals surface area contributed by atoms with E-state index in [-0.39, 0.29) is 36.0 Å². The predicted molar refractivity (Wildman–Crippen MR) is 139 cm³/mol. The zero-order valence-corrected chi connectivity index (χ0v) is 20.5. The lowest BCUT2D eigenvalue weighted by atomic mass is 9.87. The van der Waals surface area contributed by atoms with Crippen molar-refractivity contribution in [1.29, 1.82) is 0 Å². The zero-order chi connectivity index (χ0) is 24.9. The molecule has 1 saturated heterocycles. The van der Waals surface area contributed by atoms with Crippen LogP contribution >= 0.6 is 0 Å². The van der Waals surface area contributed by atoms with Gasteiger partial charge in [-0.2, -0.15) is 0 Å². The number of likely N-dealkylation sites (tertiary alicyclic amines) is 1. The molecular weight excluding hydrogens is 454 g/mol. The number of para-hydroxylation sites is 1. The van der Waals surface area contributed by atoms with Gasteiger partial charge in [-0.05, 0) is 55.5 Å². The minimum absolute atomic E-state index is 0.0221. The van der Waals surface area contributed by atoms with Gasteiger partial charge in [0.05, 0.1) is 6.42 Å². The first-order valence-electron chi connectivity index (χ1n) is 13.0. The number of furan rings is 1. The summed E-state index contributed by atoms with van der Waals surface area (Å²) in [5.41, 5.74) is 2.18. The van der Waals surface area contributed by atoms with E-state index in [1.165, 1.54) is 6.42 Å². The van der Waals surface area contributed by atoms with Crippen molar-refractivity contribution in [1.82, 2.24) is 10.2 Å². The lowest BCUT2D eigenvalue weighted by Gasteiger charge is -2.35. The van der Waals surface area contributed by atoms with Crippen LogP contribution in [-0.4, -0.2) is 41.8 Å². The molecule has 7 heteroatoms. The van der Waals surface area contributed by atoms with Crippen molar-refractivity contribution in [2.45, 2.75) is 57.4 Å². The van der Waals surface area contributed by atoms with Crippen molar-refractivity contribution in [3.8, 4) is 0 Å². The highest BCUT2D eigenvalue weighted by Crippen LogP contribution is 2.27. The average molecular weight is 488 g/mol. The molecule has 1 aliphatic carbocycles. The molecule has 0 bridgehead atoms. The molecule has 2 N–H and O–H groups in total.